The van der Waals surface area contributed by atoms with Crippen LogP contribution < -0.4 is 20.7 Å². The van der Waals surface area contributed by atoms with Gasteiger partial charge >= 0.3 is 0 Å². The Labute approximate surface area is 203 Å². The van der Waals surface area contributed by atoms with Crippen molar-refractivity contribution < 1.29 is 9.53 Å². The zero-order valence-corrected chi connectivity index (χ0v) is 21.3. The quantitative estimate of drug-likeness (QED) is 0.243. The number of guanidine groups is 1. The molecule has 6 nitrogen and oxygen atoms in total. The molecular weight excluding hydrogens is 503 g/mol. The molecule has 0 unspecified atom stereocenters. The van der Waals surface area contributed by atoms with Gasteiger partial charge in [0.05, 0.1) is 13.7 Å². The van der Waals surface area contributed by atoms with Gasteiger partial charge < -0.3 is 20.7 Å². The Kier molecular flexibility index (Phi) is 12.7. The number of nitrogens with one attached hydrogen (secondary N) is 3. The molecule has 0 aliphatic heterocycles. The smallest absolute Gasteiger partial charge is 0.251 e. The maximum absolute atomic E-state index is 12.2. The molecule has 0 fully saturated rings. The maximum atomic E-state index is 12.2. The number of carbonyl (C=O) groups excluding carboxylic acids is 1. The molecule has 0 bridgehead atoms. The average Bonchev–Trinajstić information content (AvgIpc) is 2.77. The van der Waals surface area contributed by atoms with Crippen molar-refractivity contribution in [2.45, 2.75) is 40.2 Å². The lowest BCUT2D eigenvalue weighted by atomic mass is 10.1. The molecule has 3 N–H and O–H groups in total. The average molecular weight is 538 g/mol. The van der Waals surface area contributed by atoms with Gasteiger partial charge in [-0.3, -0.25) is 4.79 Å². The lowest BCUT2D eigenvalue weighted by Crippen LogP contribution is -2.38. The zero-order valence-electron chi connectivity index (χ0n) is 19.0. The Hall–Kier alpha value is -2.29. The van der Waals surface area contributed by atoms with Crippen LogP contribution in [0.25, 0.3) is 0 Å². The first-order valence-electron chi connectivity index (χ1n) is 10.6. The highest BCUT2D eigenvalue weighted by Crippen LogP contribution is 2.19. The number of halogens is 1. The van der Waals surface area contributed by atoms with Gasteiger partial charge in [-0.1, -0.05) is 31.2 Å². The summed E-state index contributed by atoms with van der Waals surface area (Å²) in [5.74, 6) is 1.63. The van der Waals surface area contributed by atoms with Crippen LogP contribution in [-0.2, 0) is 13.0 Å². The van der Waals surface area contributed by atoms with E-state index in [1.165, 1.54) is 5.56 Å². The minimum absolute atomic E-state index is 0. The van der Waals surface area contributed by atoms with Crippen molar-refractivity contribution in [1.82, 2.24) is 16.0 Å². The van der Waals surface area contributed by atoms with E-state index >= 15 is 0 Å². The third-order valence-corrected chi connectivity index (χ3v) is 4.67. The highest BCUT2D eigenvalue weighted by molar-refractivity contribution is 14.0. The van der Waals surface area contributed by atoms with E-state index in [4.69, 9.17) is 4.74 Å². The van der Waals surface area contributed by atoms with Gasteiger partial charge in [0.25, 0.3) is 5.91 Å². The number of hydrogen-bond donors (Lipinski definition) is 3. The SMILES string of the molecule is CCCNC(=O)c1cccc(CN=C(NCC)NCCc2ccc(C)c(OC)c2)c1.I. The summed E-state index contributed by atoms with van der Waals surface area (Å²) < 4.78 is 5.40. The third-order valence-electron chi connectivity index (χ3n) is 4.67. The lowest BCUT2D eigenvalue weighted by molar-refractivity contribution is 0.0953. The number of aliphatic imine (C=N–C) groups is 1. The molecule has 0 heterocycles. The van der Waals surface area contributed by atoms with E-state index in [1.54, 1.807) is 7.11 Å². The summed E-state index contributed by atoms with van der Waals surface area (Å²) in [6.45, 7) is 8.85. The molecule has 0 radical (unpaired) electrons. The fraction of sp³-hybridized carbons (Fsp3) is 0.417. The number of amides is 1. The molecule has 7 heteroatoms. The van der Waals surface area contributed by atoms with Gasteiger partial charge in [0.1, 0.15) is 5.75 Å². The van der Waals surface area contributed by atoms with Crippen molar-refractivity contribution in [3.05, 3.63) is 64.7 Å². The molecule has 2 rings (SSSR count). The summed E-state index contributed by atoms with van der Waals surface area (Å²) >= 11 is 0. The van der Waals surface area contributed by atoms with Crippen molar-refractivity contribution >= 4 is 35.8 Å². The molecule has 2 aromatic rings. The van der Waals surface area contributed by atoms with Crippen LogP contribution in [0.3, 0.4) is 0 Å². The molecule has 0 aliphatic rings. The summed E-state index contributed by atoms with van der Waals surface area (Å²) in [5.41, 5.74) is 4.02. The molecule has 0 atom stereocenters. The Bertz CT molecular complexity index is 855. The second kappa shape index (κ2) is 14.7. The molecule has 0 saturated carbocycles. The zero-order chi connectivity index (χ0) is 21.8. The number of ether oxygens (including phenoxy) is 1. The molecule has 170 valence electrons. The lowest BCUT2D eigenvalue weighted by Gasteiger charge is -2.12. The van der Waals surface area contributed by atoms with E-state index in [2.05, 4.69) is 39.1 Å². The summed E-state index contributed by atoms with van der Waals surface area (Å²) in [4.78, 5) is 16.8. The van der Waals surface area contributed by atoms with Gasteiger partial charge in [-0.05, 0) is 61.6 Å². The van der Waals surface area contributed by atoms with Gasteiger partial charge in [-0.25, -0.2) is 4.99 Å². The van der Waals surface area contributed by atoms with E-state index in [1.807, 2.05) is 45.0 Å². The molecule has 0 saturated heterocycles. The van der Waals surface area contributed by atoms with E-state index in [-0.39, 0.29) is 29.9 Å². The highest BCUT2D eigenvalue weighted by Gasteiger charge is 2.06. The van der Waals surface area contributed by atoms with Gasteiger partial charge in [0.15, 0.2) is 5.96 Å². The van der Waals surface area contributed by atoms with Gasteiger partial charge in [0, 0.05) is 25.2 Å². The third kappa shape index (κ3) is 9.16. The van der Waals surface area contributed by atoms with Crippen molar-refractivity contribution in [1.29, 1.82) is 0 Å². The fourth-order valence-corrected chi connectivity index (χ4v) is 3.01. The normalized spacial score (nSPS) is 10.8. The second-order valence-electron chi connectivity index (χ2n) is 7.13. The predicted octanol–water partition coefficient (Wildman–Crippen LogP) is 4.06. The van der Waals surface area contributed by atoms with Crippen LogP contribution >= 0.6 is 24.0 Å². The molecule has 2 aromatic carbocycles. The van der Waals surface area contributed by atoms with Crippen molar-refractivity contribution in [2.75, 3.05) is 26.7 Å². The number of carbonyl (C=O) groups is 1. The first-order valence-corrected chi connectivity index (χ1v) is 10.6. The molecule has 0 aromatic heterocycles. The maximum Gasteiger partial charge on any atom is 0.251 e. The van der Waals surface area contributed by atoms with Gasteiger partial charge in [-0.2, -0.15) is 0 Å². The minimum atomic E-state index is -0.0405. The van der Waals surface area contributed by atoms with E-state index in [9.17, 15) is 4.79 Å². The Morgan fingerprint density at radius 3 is 2.52 bits per heavy atom. The Morgan fingerprint density at radius 2 is 1.81 bits per heavy atom. The van der Waals surface area contributed by atoms with Crippen LogP contribution in [-0.4, -0.2) is 38.6 Å². The van der Waals surface area contributed by atoms with Crippen LogP contribution in [0.5, 0.6) is 5.75 Å². The number of hydrogen-bond acceptors (Lipinski definition) is 3. The predicted molar refractivity (Wildman–Crippen MR) is 139 cm³/mol. The Morgan fingerprint density at radius 1 is 1.00 bits per heavy atom. The monoisotopic (exact) mass is 538 g/mol. The molecular formula is C24H35IN4O2. The molecule has 0 aliphatic carbocycles. The first kappa shape index (κ1) is 26.7. The van der Waals surface area contributed by atoms with Crippen LogP contribution in [0.2, 0.25) is 0 Å². The molecule has 1 amide bonds. The topological polar surface area (TPSA) is 74.8 Å². The molecule has 0 spiro atoms. The summed E-state index contributed by atoms with van der Waals surface area (Å²) in [5, 5.41) is 9.55. The van der Waals surface area contributed by atoms with Crippen LogP contribution in [0.1, 0.15) is 47.3 Å². The number of rotatable bonds is 10. The van der Waals surface area contributed by atoms with Crippen LogP contribution in [0.15, 0.2) is 47.5 Å². The van der Waals surface area contributed by atoms with Crippen LogP contribution in [0.4, 0.5) is 0 Å². The number of benzene rings is 2. The van der Waals surface area contributed by atoms with Crippen molar-refractivity contribution in [3.8, 4) is 5.75 Å². The minimum Gasteiger partial charge on any atom is -0.496 e. The first-order chi connectivity index (χ1) is 14.6. The Balaban J connectivity index is 0.00000480. The highest BCUT2D eigenvalue weighted by atomic mass is 127. The summed E-state index contributed by atoms with van der Waals surface area (Å²) in [6.07, 6.45) is 1.79. The van der Waals surface area contributed by atoms with E-state index in [0.29, 0.717) is 18.7 Å². The fourth-order valence-electron chi connectivity index (χ4n) is 3.01. The van der Waals surface area contributed by atoms with Gasteiger partial charge in [0.2, 0.25) is 0 Å². The molecule has 31 heavy (non-hydrogen) atoms. The van der Waals surface area contributed by atoms with Gasteiger partial charge in [-0.15, -0.1) is 24.0 Å². The largest absolute Gasteiger partial charge is 0.496 e. The number of aryl methyl sites for hydroxylation is 1. The number of methoxy groups -OCH3 is 1. The summed E-state index contributed by atoms with van der Waals surface area (Å²) in [6, 6.07) is 13.9. The van der Waals surface area contributed by atoms with Crippen molar-refractivity contribution in [2.24, 2.45) is 4.99 Å². The van der Waals surface area contributed by atoms with E-state index < -0.39 is 0 Å². The standard InChI is InChI=1S/C24H34N4O2.HI/c1-5-13-26-23(29)21-9-7-8-20(15-21)17-28-24(25-6-2)27-14-12-19-11-10-18(3)22(16-19)30-4;/h7-11,15-16H,5-6,12-14,17H2,1-4H3,(H,26,29)(H2,25,27,28);1H. The summed E-state index contributed by atoms with van der Waals surface area (Å²) in [7, 11) is 1.70. The van der Waals surface area contributed by atoms with E-state index in [0.717, 1.165) is 48.8 Å². The van der Waals surface area contributed by atoms with Crippen LogP contribution in [0, 0.1) is 6.92 Å². The number of nitrogens with zero attached hydrogens (tertiary/aromatic N) is 1. The second-order valence-corrected chi connectivity index (χ2v) is 7.13. The van der Waals surface area contributed by atoms with Crippen molar-refractivity contribution in [3.63, 3.8) is 0 Å².